The van der Waals surface area contributed by atoms with Crippen molar-refractivity contribution in [2.45, 2.75) is 25.5 Å². The van der Waals surface area contributed by atoms with Crippen LogP contribution in [0.2, 0.25) is 0 Å². The van der Waals surface area contributed by atoms with Gasteiger partial charge in [-0.15, -0.1) is 0 Å². The number of carbonyl (C=O) groups excluding carboxylic acids is 2. The summed E-state index contributed by atoms with van der Waals surface area (Å²) in [5.41, 5.74) is 1.38. The Morgan fingerprint density at radius 3 is 2.27 bits per heavy atom. The fourth-order valence-corrected chi connectivity index (χ4v) is 4.41. The monoisotopic (exact) mass is 446 g/mol. The van der Waals surface area contributed by atoms with Crippen LogP contribution in [-0.2, 0) is 14.4 Å². The number of hydrogen-bond acceptors (Lipinski definition) is 5. The van der Waals surface area contributed by atoms with Gasteiger partial charge >= 0.3 is 0 Å². The zero-order valence-corrected chi connectivity index (χ0v) is 18.1. The van der Waals surface area contributed by atoms with E-state index in [2.05, 4.69) is 0 Å². The van der Waals surface area contributed by atoms with Crippen LogP contribution in [0.5, 0.6) is 5.75 Å². The smallest absolute Gasteiger partial charge is 0.266 e. The maximum absolute atomic E-state index is 14.9. The van der Waals surface area contributed by atoms with Crippen molar-refractivity contribution >= 4 is 23.2 Å². The minimum atomic E-state index is -1.04. The number of halogens is 1. The highest BCUT2D eigenvalue weighted by atomic mass is 19.1. The molecule has 5 rings (SSSR count). The molecule has 2 amide bonds. The maximum atomic E-state index is 14.9. The summed E-state index contributed by atoms with van der Waals surface area (Å²) in [6.45, 7) is 2.60. The molecule has 33 heavy (non-hydrogen) atoms. The lowest BCUT2D eigenvalue weighted by Gasteiger charge is -2.29. The van der Waals surface area contributed by atoms with Crippen molar-refractivity contribution in [1.82, 2.24) is 0 Å². The molecule has 0 N–H and O–H groups in total. The van der Waals surface area contributed by atoms with Crippen molar-refractivity contribution in [3.8, 4) is 5.75 Å². The molecule has 0 bridgehead atoms. The van der Waals surface area contributed by atoms with Gasteiger partial charge in [0, 0.05) is 5.56 Å². The predicted molar refractivity (Wildman–Crippen MR) is 121 cm³/mol. The van der Waals surface area contributed by atoms with E-state index < -0.39 is 35.7 Å². The molecule has 2 aliphatic heterocycles. The molecule has 6 nitrogen and oxygen atoms in total. The number of rotatable bonds is 6. The number of hydrogen-bond donors (Lipinski definition) is 0. The van der Waals surface area contributed by atoms with Crippen LogP contribution in [0.4, 0.5) is 15.8 Å². The van der Waals surface area contributed by atoms with Gasteiger partial charge in [0.1, 0.15) is 17.5 Å². The molecule has 0 radical (unpaired) electrons. The summed E-state index contributed by atoms with van der Waals surface area (Å²) in [6, 6.07) is 21.4. The molecule has 3 aromatic carbocycles. The quantitative estimate of drug-likeness (QED) is 0.515. The van der Waals surface area contributed by atoms with Crippen molar-refractivity contribution in [3.63, 3.8) is 0 Å². The highest BCUT2D eigenvalue weighted by Gasteiger charge is 2.60. The molecule has 168 valence electrons. The Bertz CT molecular complexity index is 1170. The molecular weight excluding hydrogens is 423 g/mol. The van der Waals surface area contributed by atoms with Crippen LogP contribution in [0, 0.1) is 11.7 Å². The summed E-state index contributed by atoms with van der Waals surface area (Å²) in [6.07, 6.45) is -0.167. The summed E-state index contributed by atoms with van der Waals surface area (Å²) >= 11 is 0. The van der Waals surface area contributed by atoms with Gasteiger partial charge in [-0.05, 0) is 48.9 Å². The van der Waals surface area contributed by atoms with E-state index in [4.69, 9.17) is 9.57 Å². The van der Waals surface area contributed by atoms with Gasteiger partial charge in [-0.25, -0.2) is 14.4 Å². The molecule has 7 heteroatoms. The number of amides is 2. The van der Waals surface area contributed by atoms with Gasteiger partial charge < -0.3 is 4.74 Å². The van der Waals surface area contributed by atoms with E-state index in [1.165, 1.54) is 11.1 Å². The molecule has 0 aliphatic carbocycles. The van der Waals surface area contributed by atoms with Gasteiger partial charge in [-0.2, -0.15) is 0 Å². The number of carbonyl (C=O) groups is 2. The van der Waals surface area contributed by atoms with Crippen LogP contribution < -0.4 is 14.7 Å². The summed E-state index contributed by atoms with van der Waals surface area (Å²) in [5.74, 6) is -1.56. The molecule has 0 spiro atoms. The molecule has 3 aromatic rings. The van der Waals surface area contributed by atoms with E-state index >= 15 is 0 Å². The summed E-state index contributed by atoms with van der Waals surface area (Å²) in [4.78, 5) is 34.1. The van der Waals surface area contributed by atoms with E-state index in [1.54, 1.807) is 54.6 Å². The first-order chi connectivity index (χ1) is 16.1. The molecule has 0 unspecified atom stereocenters. The number of para-hydroxylation sites is 1. The summed E-state index contributed by atoms with van der Waals surface area (Å²) < 4.78 is 20.5. The Hall–Kier alpha value is -3.71. The normalized spacial score (nSPS) is 22.1. The SMILES string of the molecule is CCCOc1ccc(N2C(=O)[C@@H]3[C@@H](c4ccccc4F)N(c4ccccc4)O[C@H]3C2=O)cc1. The summed E-state index contributed by atoms with van der Waals surface area (Å²) in [7, 11) is 0. The zero-order chi connectivity index (χ0) is 22.9. The Labute approximate surface area is 191 Å². The zero-order valence-electron chi connectivity index (χ0n) is 18.1. The fourth-order valence-electron chi connectivity index (χ4n) is 4.41. The van der Waals surface area contributed by atoms with Gasteiger partial charge in [0.15, 0.2) is 6.10 Å². The molecule has 2 saturated heterocycles. The number of fused-ring (bicyclic) bond motifs is 1. The van der Waals surface area contributed by atoms with Crippen LogP contribution in [0.15, 0.2) is 78.9 Å². The fraction of sp³-hybridized carbons (Fsp3) is 0.231. The lowest BCUT2D eigenvalue weighted by atomic mass is 9.90. The van der Waals surface area contributed by atoms with Gasteiger partial charge in [0.05, 0.1) is 24.0 Å². The number of anilines is 2. The molecule has 0 saturated carbocycles. The Morgan fingerprint density at radius 1 is 0.879 bits per heavy atom. The summed E-state index contributed by atoms with van der Waals surface area (Å²) in [5, 5.41) is 1.49. The van der Waals surface area contributed by atoms with E-state index in [9.17, 15) is 14.0 Å². The average molecular weight is 446 g/mol. The molecule has 0 aromatic heterocycles. The van der Waals surface area contributed by atoms with E-state index in [0.29, 0.717) is 29.3 Å². The third kappa shape index (κ3) is 3.64. The lowest BCUT2D eigenvalue weighted by Crippen LogP contribution is -2.37. The Morgan fingerprint density at radius 2 is 1.58 bits per heavy atom. The third-order valence-electron chi connectivity index (χ3n) is 5.92. The number of nitrogens with zero attached hydrogens (tertiary/aromatic N) is 2. The Balaban J connectivity index is 1.51. The molecule has 2 fully saturated rings. The maximum Gasteiger partial charge on any atom is 0.266 e. The van der Waals surface area contributed by atoms with Crippen molar-refractivity contribution in [2.75, 3.05) is 16.6 Å². The first-order valence-corrected chi connectivity index (χ1v) is 11.0. The van der Waals surface area contributed by atoms with E-state index in [0.717, 1.165) is 11.3 Å². The van der Waals surface area contributed by atoms with Gasteiger partial charge in [-0.1, -0.05) is 43.3 Å². The van der Waals surface area contributed by atoms with Gasteiger partial charge in [0.25, 0.3) is 5.91 Å². The molecule has 2 aliphatic rings. The Kier molecular flexibility index (Phi) is 5.56. The first-order valence-electron chi connectivity index (χ1n) is 11.0. The number of imide groups is 1. The second kappa shape index (κ2) is 8.67. The highest BCUT2D eigenvalue weighted by Crippen LogP contribution is 2.48. The van der Waals surface area contributed by atoms with Gasteiger partial charge in [0.2, 0.25) is 5.91 Å². The first kappa shape index (κ1) is 21.2. The van der Waals surface area contributed by atoms with Crippen molar-refractivity contribution in [3.05, 3.63) is 90.2 Å². The lowest BCUT2D eigenvalue weighted by molar-refractivity contribution is -0.126. The highest BCUT2D eigenvalue weighted by molar-refractivity contribution is 6.23. The van der Waals surface area contributed by atoms with Crippen LogP contribution in [0.3, 0.4) is 0 Å². The second-order valence-corrected chi connectivity index (χ2v) is 8.03. The standard InChI is InChI=1S/C26H23FN2O4/c1-2-16-32-19-14-12-17(13-15-19)28-25(30)22-23(20-10-6-7-11-21(20)27)29(33-24(22)26(28)31)18-8-4-3-5-9-18/h3-15,22-24H,2,16H2,1H3/t22-,23-,24-/m1/s1. The van der Waals surface area contributed by atoms with Crippen LogP contribution in [0.25, 0.3) is 0 Å². The minimum Gasteiger partial charge on any atom is -0.494 e. The molecule has 2 heterocycles. The van der Waals surface area contributed by atoms with E-state index in [1.807, 2.05) is 25.1 Å². The van der Waals surface area contributed by atoms with Crippen molar-refractivity contribution < 1.29 is 23.6 Å². The minimum absolute atomic E-state index is 0.306. The molecular formula is C26H23FN2O4. The van der Waals surface area contributed by atoms with Crippen LogP contribution >= 0.6 is 0 Å². The largest absolute Gasteiger partial charge is 0.494 e. The second-order valence-electron chi connectivity index (χ2n) is 8.03. The topological polar surface area (TPSA) is 59.1 Å². The third-order valence-corrected chi connectivity index (χ3v) is 5.92. The number of hydroxylamine groups is 1. The molecule has 3 atom stereocenters. The van der Waals surface area contributed by atoms with Crippen molar-refractivity contribution in [2.24, 2.45) is 5.92 Å². The van der Waals surface area contributed by atoms with Crippen LogP contribution in [0.1, 0.15) is 24.9 Å². The number of ether oxygens (including phenoxy) is 1. The van der Waals surface area contributed by atoms with Crippen molar-refractivity contribution in [1.29, 1.82) is 0 Å². The van der Waals surface area contributed by atoms with E-state index in [-0.39, 0.29) is 0 Å². The average Bonchev–Trinajstić information content (AvgIpc) is 3.35. The predicted octanol–water partition coefficient (Wildman–Crippen LogP) is 4.67. The van der Waals surface area contributed by atoms with Crippen LogP contribution in [-0.4, -0.2) is 24.5 Å². The van der Waals surface area contributed by atoms with Gasteiger partial charge in [-0.3, -0.25) is 14.4 Å². The number of benzene rings is 3.